The molecule has 0 saturated carbocycles. The van der Waals surface area contributed by atoms with Crippen molar-refractivity contribution in [3.63, 3.8) is 0 Å². The summed E-state index contributed by atoms with van der Waals surface area (Å²) in [5.74, 6) is 0. The van der Waals surface area contributed by atoms with Gasteiger partial charge in [0.15, 0.2) is 0 Å². The van der Waals surface area contributed by atoms with Gasteiger partial charge in [-0.1, -0.05) is 78.6 Å². The Bertz CT molecular complexity index is 848. The zero-order valence-corrected chi connectivity index (χ0v) is 21.4. The second-order valence-electron chi connectivity index (χ2n) is 8.62. The molecule has 0 aliphatic heterocycles. The fourth-order valence-corrected chi connectivity index (χ4v) is 8.78. The van der Waals surface area contributed by atoms with Crippen LogP contribution in [0.4, 0.5) is 0 Å². The van der Waals surface area contributed by atoms with Crippen molar-refractivity contribution in [3.05, 3.63) is 21.4 Å². The summed E-state index contributed by atoms with van der Waals surface area (Å²) in [6.45, 7) is 6.93. The van der Waals surface area contributed by atoms with Gasteiger partial charge in [-0.15, -0.1) is 34.0 Å². The first-order valence-electron chi connectivity index (χ1n) is 12.2. The van der Waals surface area contributed by atoms with Crippen molar-refractivity contribution in [1.82, 2.24) is 0 Å². The zero-order chi connectivity index (χ0) is 20.5. The van der Waals surface area contributed by atoms with E-state index in [-0.39, 0.29) is 0 Å². The van der Waals surface area contributed by atoms with Crippen LogP contribution < -0.4 is 0 Å². The maximum absolute atomic E-state index is 2.47. The molecule has 3 heteroatoms. The summed E-state index contributed by atoms with van der Waals surface area (Å²) in [5.41, 5.74) is 3.37. The summed E-state index contributed by atoms with van der Waals surface area (Å²) >= 11 is 6.30. The Kier molecular flexibility index (Phi) is 10.0. The molecular weight excluding hydrogens is 408 g/mol. The molecular formula is C26H40S3. The van der Waals surface area contributed by atoms with E-state index in [0.717, 1.165) is 0 Å². The average Bonchev–Trinajstić information content (AvgIpc) is 3.37. The van der Waals surface area contributed by atoms with Crippen LogP contribution >= 0.6 is 34.0 Å². The lowest BCUT2D eigenvalue weighted by atomic mass is 10.0. The monoisotopic (exact) mass is 448 g/mol. The molecule has 0 aliphatic rings. The maximum Gasteiger partial charge on any atom is 0.0635 e. The van der Waals surface area contributed by atoms with Crippen molar-refractivity contribution in [3.8, 4) is 0 Å². The number of unbranched alkanes of at least 4 members (excludes halogenated alkanes) is 9. The van der Waals surface area contributed by atoms with E-state index in [9.17, 15) is 0 Å². The number of hydrogen-bond acceptors (Lipinski definition) is 3. The predicted octanol–water partition coefficient (Wildman–Crippen LogP) is 10.5. The standard InChI is InChI=1S/C26H40S3/c1-4-7-10-13-16-20-19-27-25-23(20)29-24-21(17-14-11-8-5-2)22(28-26(24)25)18-15-12-9-6-3/h19H,4-18H2,1-3H3. The lowest BCUT2D eigenvalue weighted by Gasteiger charge is -2.05. The minimum atomic E-state index is 1.28. The van der Waals surface area contributed by atoms with Crippen molar-refractivity contribution >= 4 is 52.8 Å². The molecule has 0 bridgehead atoms. The van der Waals surface area contributed by atoms with Crippen molar-refractivity contribution in [1.29, 1.82) is 0 Å². The largest absolute Gasteiger partial charge is 0.141 e. The van der Waals surface area contributed by atoms with Crippen LogP contribution in [-0.2, 0) is 19.3 Å². The molecule has 0 aromatic carbocycles. The van der Waals surface area contributed by atoms with Crippen LogP contribution in [0.2, 0.25) is 0 Å². The van der Waals surface area contributed by atoms with Crippen molar-refractivity contribution in [2.75, 3.05) is 0 Å². The fourth-order valence-electron chi connectivity index (χ4n) is 4.32. The van der Waals surface area contributed by atoms with Crippen LogP contribution in [0.1, 0.15) is 114 Å². The second kappa shape index (κ2) is 12.5. The van der Waals surface area contributed by atoms with Crippen molar-refractivity contribution in [2.45, 2.75) is 117 Å². The van der Waals surface area contributed by atoms with Crippen LogP contribution in [-0.4, -0.2) is 0 Å². The number of fused-ring (bicyclic) bond motifs is 3. The van der Waals surface area contributed by atoms with E-state index in [1.807, 2.05) is 11.3 Å². The van der Waals surface area contributed by atoms with E-state index in [2.05, 4.69) is 48.8 Å². The van der Waals surface area contributed by atoms with Crippen molar-refractivity contribution < 1.29 is 0 Å². The summed E-state index contributed by atoms with van der Waals surface area (Å²) in [6.07, 6.45) is 20.3. The normalized spacial score (nSPS) is 12.0. The first-order chi connectivity index (χ1) is 14.3. The van der Waals surface area contributed by atoms with Gasteiger partial charge in [0, 0.05) is 4.88 Å². The van der Waals surface area contributed by atoms with Gasteiger partial charge in [0.2, 0.25) is 0 Å². The van der Waals surface area contributed by atoms with Gasteiger partial charge in [0.25, 0.3) is 0 Å². The van der Waals surface area contributed by atoms with E-state index >= 15 is 0 Å². The van der Waals surface area contributed by atoms with Gasteiger partial charge in [-0.25, -0.2) is 0 Å². The lowest BCUT2D eigenvalue weighted by molar-refractivity contribution is 0.656. The Hall–Kier alpha value is -0.380. The Labute approximate surface area is 190 Å². The first-order valence-corrected chi connectivity index (χ1v) is 14.7. The van der Waals surface area contributed by atoms with Gasteiger partial charge in [-0.05, 0) is 55.0 Å². The lowest BCUT2D eigenvalue weighted by Crippen LogP contribution is -1.91. The second-order valence-corrected chi connectivity index (χ2v) is 11.6. The third-order valence-electron chi connectivity index (χ3n) is 6.11. The molecule has 29 heavy (non-hydrogen) atoms. The Morgan fingerprint density at radius 2 is 1.17 bits per heavy atom. The van der Waals surface area contributed by atoms with E-state index in [0.29, 0.717) is 0 Å². The topological polar surface area (TPSA) is 0 Å². The summed E-state index contributed by atoms with van der Waals surface area (Å²) in [7, 11) is 0. The van der Waals surface area contributed by atoms with Gasteiger partial charge in [-0.3, -0.25) is 0 Å². The number of hydrogen-bond donors (Lipinski definition) is 0. The Morgan fingerprint density at radius 1 is 0.552 bits per heavy atom. The molecule has 0 nitrogen and oxygen atoms in total. The average molecular weight is 449 g/mol. The predicted molar refractivity (Wildman–Crippen MR) is 139 cm³/mol. The Balaban J connectivity index is 1.80. The minimum absolute atomic E-state index is 1.28. The molecule has 0 N–H and O–H groups in total. The number of aryl methyl sites for hydroxylation is 3. The molecule has 0 fully saturated rings. The van der Waals surface area contributed by atoms with Gasteiger partial charge in [0.1, 0.15) is 0 Å². The van der Waals surface area contributed by atoms with Crippen LogP contribution in [0.5, 0.6) is 0 Å². The van der Waals surface area contributed by atoms with Gasteiger partial charge in [0.05, 0.1) is 18.8 Å². The summed E-state index contributed by atoms with van der Waals surface area (Å²) in [6, 6.07) is 0. The van der Waals surface area contributed by atoms with Crippen LogP contribution in [0.3, 0.4) is 0 Å². The third-order valence-corrected chi connectivity index (χ3v) is 10.2. The van der Waals surface area contributed by atoms with E-state index in [4.69, 9.17) is 0 Å². The summed E-state index contributed by atoms with van der Waals surface area (Å²) < 4.78 is 6.52. The molecule has 3 aromatic rings. The molecule has 0 spiro atoms. The zero-order valence-electron chi connectivity index (χ0n) is 18.9. The third kappa shape index (κ3) is 6.08. The van der Waals surface area contributed by atoms with Crippen LogP contribution in [0.25, 0.3) is 18.8 Å². The molecule has 0 atom stereocenters. The van der Waals surface area contributed by atoms with E-state index in [1.165, 1.54) is 96.3 Å². The highest BCUT2D eigenvalue weighted by Gasteiger charge is 2.19. The number of rotatable bonds is 15. The smallest absolute Gasteiger partial charge is 0.0635 e. The van der Waals surface area contributed by atoms with Gasteiger partial charge in [-0.2, -0.15) is 0 Å². The van der Waals surface area contributed by atoms with Crippen LogP contribution in [0.15, 0.2) is 5.38 Å². The molecule has 0 amide bonds. The van der Waals surface area contributed by atoms with Gasteiger partial charge < -0.3 is 0 Å². The molecule has 0 aliphatic carbocycles. The highest BCUT2D eigenvalue weighted by Crippen LogP contribution is 2.47. The summed E-state index contributed by atoms with van der Waals surface area (Å²) in [4.78, 5) is 1.72. The maximum atomic E-state index is 2.47. The van der Waals surface area contributed by atoms with Crippen LogP contribution in [0, 0.1) is 0 Å². The SMILES string of the molecule is CCCCCCc1sc2c(sc3c(CCCCCC)csc32)c1CCCCCC. The molecule has 0 unspecified atom stereocenters. The Morgan fingerprint density at radius 3 is 1.83 bits per heavy atom. The minimum Gasteiger partial charge on any atom is -0.141 e. The molecule has 3 aromatic heterocycles. The van der Waals surface area contributed by atoms with Gasteiger partial charge >= 0.3 is 0 Å². The molecule has 0 radical (unpaired) electrons. The molecule has 3 heterocycles. The van der Waals surface area contributed by atoms with E-state index < -0.39 is 0 Å². The van der Waals surface area contributed by atoms with E-state index in [1.54, 1.807) is 34.8 Å². The highest BCUT2D eigenvalue weighted by molar-refractivity contribution is 7.38. The quantitative estimate of drug-likeness (QED) is 0.203. The first kappa shape index (κ1) is 23.3. The summed E-state index contributed by atoms with van der Waals surface area (Å²) in [5, 5.41) is 2.47. The molecule has 162 valence electrons. The number of thiophene rings is 3. The fraction of sp³-hybridized carbons (Fsp3) is 0.692. The van der Waals surface area contributed by atoms with Crippen molar-refractivity contribution in [2.24, 2.45) is 0 Å². The molecule has 0 saturated heterocycles. The highest BCUT2D eigenvalue weighted by atomic mass is 32.1. The molecule has 3 rings (SSSR count).